The van der Waals surface area contributed by atoms with E-state index in [2.05, 4.69) is 27.8 Å². The fourth-order valence-electron chi connectivity index (χ4n) is 2.12. The molecule has 2 heterocycles. The Balaban J connectivity index is 2.31. The van der Waals surface area contributed by atoms with Crippen molar-refractivity contribution in [1.29, 1.82) is 0 Å². The lowest BCUT2D eigenvalue weighted by Crippen LogP contribution is -2.40. The lowest BCUT2D eigenvalue weighted by molar-refractivity contribution is 0.0576. The van der Waals surface area contributed by atoms with E-state index in [1.165, 1.54) is 0 Å². The van der Waals surface area contributed by atoms with Gasteiger partial charge in [-0.25, -0.2) is 9.78 Å². The molecule has 1 aliphatic rings. The number of nitrogens with zero attached hydrogens (tertiary/aromatic N) is 2. The Morgan fingerprint density at radius 2 is 2.16 bits per heavy atom. The maximum atomic E-state index is 12.2. The van der Waals surface area contributed by atoms with E-state index < -0.39 is 5.60 Å². The molecule has 104 valence electrons. The van der Waals surface area contributed by atoms with E-state index >= 15 is 0 Å². The van der Waals surface area contributed by atoms with Gasteiger partial charge in [0, 0.05) is 12.5 Å². The summed E-state index contributed by atoms with van der Waals surface area (Å²) in [6, 6.07) is 3.78. The number of ether oxygens (including phenoxy) is 1. The van der Waals surface area contributed by atoms with Crippen LogP contribution in [0.15, 0.2) is 16.7 Å². The van der Waals surface area contributed by atoms with Crippen LogP contribution >= 0.6 is 15.9 Å². The minimum absolute atomic E-state index is 0.301. The summed E-state index contributed by atoms with van der Waals surface area (Å²) in [7, 11) is 0. The maximum Gasteiger partial charge on any atom is 0.414 e. The second-order valence-corrected chi connectivity index (χ2v) is 6.67. The Hall–Kier alpha value is -1.10. The van der Waals surface area contributed by atoms with E-state index in [0.717, 1.165) is 22.4 Å². The van der Waals surface area contributed by atoms with Crippen molar-refractivity contribution in [3.05, 3.63) is 22.4 Å². The molecule has 1 aromatic heterocycles. The smallest absolute Gasteiger partial charge is 0.414 e. The summed E-state index contributed by atoms with van der Waals surface area (Å²) < 4.78 is 6.24. The first-order valence-corrected chi connectivity index (χ1v) is 7.24. The van der Waals surface area contributed by atoms with Gasteiger partial charge in [0.2, 0.25) is 0 Å². The average molecular weight is 327 g/mol. The second-order valence-electron chi connectivity index (χ2n) is 5.86. The summed E-state index contributed by atoms with van der Waals surface area (Å²) in [6.07, 6.45) is 0.597. The summed E-state index contributed by atoms with van der Waals surface area (Å²) in [6.45, 7) is 8.42. The molecule has 0 spiro atoms. The largest absolute Gasteiger partial charge is 0.443 e. The van der Waals surface area contributed by atoms with Gasteiger partial charge in [0.1, 0.15) is 10.2 Å². The van der Waals surface area contributed by atoms with Crippen molar-refractivity contribution in [2.75, 3.05) is 11.4 Å². The fraction of sp³-hybridized carbons (Fsp3) is 0.571. The van der Waals surface area contributed by atoms with Crippen molar-refractivity contribution in [1.82, 2.24) is 4.98 Å². The van der Waals surface area contributed by atoms with E-state index in [1.54, 1.807) is 4.90 Å². The highest BCUT2D eigenvalue weighted by Gasteiger charge is 2.30. The zero-order valence-electron chi connectivity index (χ0n) is 11.7. The van der Waals surface area contributed by atoms with E-state index in [1.807, 2.05) is 32.9 Å². The normalized spacial score (nSPS) is 19.0. The number of pyridine rings is 1. The third-order valence-electron chi connectivity index (χ3n) is 3.03. The van der Waals surface area contributed by atoms with Gasteiger partial charge in [0.25, 0.3) is 0 Å². The molecule has 0 saturated carbocycles. The Morgan fingerprint density at radius 1 is 1.47 bits per heavy atom. The molecule has 0 unspecified atom stereocenters. The van der Waals surface area contributed by atoms with Crippen LogP contribution in [0.5, 0.6) is 0 Å². The first-order valence-electron chi connectivity index (χ1n) is 6.45. The van der Waals surface area contributed by atoms with Gasteiger partial charge < -0.3 is 4.74 Å². The number of hydrogen-bond acceptors (Lipinski definition) is 3. The summed E-state index contributed by atoms with van der Waals surface area (Å²) >= 11 is 3.38. The Morgan fingerprint density at radius 3 is 2.79 bits per heavy atom. The quantitative estimate of drug-likeness (QED) is 0.674. The molecule has 0 N–H and O–H groups in total. The maximum absolute atomic E-state index is 12.2. The monoisotopic (exact) mass is 326 g/mol. The number of aromatic nitrogens is 1. The molecule has 0 aromatic carbocycles. The van der Waals surface area contributed by atoms with Crippen LogP contribution in [0.4, 0.5) is 10.5 Å². The van der Waals surface area contributed by atoms with Gasteiger partial charge in [-0.2, -0.15) is 0 Å². The first-order chi connectivity index (χ1) is 8.78. The SMILES string of the molecule is C[C@H]1CCN(C(=O)OC(C)(C)C)c2ccc(Br)nc21. The number of carbonyl (C=O) groups excluding carboxylic acids is 1. The molecular weight excluding hydrogens is 308 g/mol. The molecule has 0 radical (unpaired) electrons. The Kier molecular flexibility index (Phi) is 3.85. The van der Waals surface area contributed by atoms with Crippen molar-refractivity contribution >= 4 is 27.7 Å². The second kappa shape index (κ2) is 5.12. The van der Waals surface area contributed by atoms with Crippen LogP contribution in [0, 0.1) is 0 Å². The number of fused-ring (bicyclic) bond motifs is 1. The van der Waals surface area contributed by atoms with Gasteiger partial charge in [-0.1, -0.05) is 6.92 Å². The first kappa shape index (κ1) is 14.3. The van der Waals surface area contributed by atoms with Gasteiger partial charge >= 0.3 is 6.09 Å². The van der Waals surface area contributed by atoms with Crippen LogP contribution in [-0.4, -0.2) is 23.2 Å². The molecule has 1 aliphatic heterocycles. The molecule has 0 saturated heterocycles. The van der Waals surface area contributed by atoms with Gasteiger partial charge in [-0.15, -0.1) is 0 Å². The number of halogens is 1. The van der Waals surface area contributed by atoms with Crippen LogP contribution in [0.1, 0.15) is 45.7 Å². The van der Waals surface area contributed by atoms with Crippen LogP contribution in [0.3, 0.4) is 0 Å². The minimum Gasteiger partial charge on any atom is -0.443 e. The number of hydrogen-bond donors (Lipinski definition) is 0. The average Bonchev–Trinajstić information content (AvgIpc) is 2.27. The lowest BCUT2D eigenvalue weighted by Gasteiger charge is -2.33. The zero-order chi connectivity index (χ0) is 14.2. The van der Waals surface area contributed by atoms with Crippen molar-refractivity contribution in [3.63, 3.8) is 0 Å². The zero-order valence-corrected chi connectivity index (χ0v) is 13.3. The number of carbonyl (C=O) groups is 1. The van der Waals surface area contributed by atoms with E-state index in [0.29, 0.717) is 12.5 Å². The molecule has 1 amide bonds. The molecule has 2 rings (SSSR count). The van der Waals surface area contributed by atoms with Gasteiger partial charge in [0.05, 0.1) is 11.4 Å². The van der Waals surface area contributed by atoms with E-state index in [9.17, 15) is 4.79 Å². The fourth-order valence-corrected chi connectivity index (χ4v) is 2.44. The molecule has 0 fully saturated rings. The minimum atomic E-state index is -0.483. The van der Waals surface area contributed by atoms with Crippen molar-refractivity contribution in [2.45, 2.75) is 45.6 Å². The van der Waals surface area contributed by atoms with Crippen LogP contribution in [0.25, 0.3) is 0 Å². The van der Waals surface area contributed by atoms with E-state index in [-0.39, 0.29) is 6.09 Å². The molecule has 4 nitrogen and oxygen atoms in total. The van der Waals surface area contributed by atoms with E-state index in [4.69, 9.17) is 4.74 Å². The van der Waals surface area contributed by atoms with Crippen LogP contribution in [0.2, 0.25) is 0 Å². The molecule has 0 bridgehead atoms. The summed E-state index contributed by atoms with van der Waals surface area (Å²) in [4.78, 5) is 18.4. The predicted molar refractivity (Wildman–Crippen MR) is 78.5 cm³/mol. The Labute approximate surface area is 122 Å². The lowest BCUT2D eigenvalue weighted by atomic mass is 9.97. The highest BCUT2D eigenvalue weighted by Crippen LogP contribution is 2.35. The van der Waals surface area contributed by atoms with Crippen LogP contribution < -0.4 is 4.90 Å². The molecule has 0 aliphatic carbocycles. The summed E-state index contributed by atoms with van der Waals surface area (Å²) in [5.74, 6) is 0.353. The number of amides is 1. The molecule has 19 heavy (non-hydrogen) atoms. The number of rotatable bonds is 0. The van der Waals surface area contributed by atoms with Crippen molar-refractivity contribution in [3.8, 4) is 0 Å². The van der Waals surface area contributed by atoms with Crippen molar-refractivity contribution < 1.29 is 9.53 Å². The summed E-state index contributed by atoms with van der Waals surface area (Å²) in [5, 5.41) is 0. The molecule has 5 heteroatoms. The Bertz CT molecular complexity index is 497. The van der Waals surface area contributed by atoms with Gasteiger partial charge in [-0.3, -0.25) is 4.90 Å². The molecule has 1 atom stereocenters. The van der Waals surface area contributed by atoms with Crippen molar-refractivity contribution in [2.24, 2.45) is 0 Å². The van der Waals surface area contributed by atoms with Gasteiger partial charge in [-0.05, 0) is 55.3 Å². The highest BCUT2D eigenvalue weighted by molar-refractivity contribution is 9.10. The van der Waals surface area contributed by atoms with Gasteiger partial charge in [0.15, 0.2) is 0 Å². The molecule has 1 aromatic rings. The third kappa shape index (κ3) is 3.26. The van der Waals surface area contributed by atoms with Crippen LogP contribution in [-0.2, 0) is 4.74 Å². The summed E-state index contributed by atoms with van der Waals surface area (Å²) in [5.41, 5.74) is 1.33. The molecular formula is C14H19BrN2O2. The topological polar surface area (TPSA) is 42.4 Å². The standard InChI is InChI=1S/C14H19BrN2O2/c1-9-7-8-17(13(18)19-14(2,3)4)10-5-6-11(15)16-12(9)10/h5-6,9H,7-8H2,1-4H3/t9-/m0/s1. The number of anilines is 1. The highest BCUT2D eigenvalue weighted by atomic mass is 79.9. The third-order valence-corrected chi connectivity index (χ3v) is 3.47. The predicted octanol–water partition coefficient (Wildman–Crippen LogP) is 4.09.